The molecule has 0 radical (unpaired) electrons. The average Bonchev–Trinajstić information content (AvgIpc) is 2.60. The Labute approximate surface area is 138 Å². The molecule has 0 saturated heterocycles. The molecule has 7 heteroatoms. The standard InChI is InChI=1S/C16H16O4.CH2O3/c1-19-13-8-12(9-14(10-13)20-2)16(18)15(17)11-6-4-3-5-7-11;2-1(3)4/h3-10,15,17H,1-2H3;(H2,2,3,4). The highest BCUT2D eigenvalue weighted by Crippen LogP contribution is 2.26. The molecule has 128 valence electrons. The topological polar surface area (TPSA) is 113 Å². The number of hydrogen-bond acceptors (Lipinski definition) is 5. The van der Waals surface area contributed by atoms with Crippen LogP contribution < -0.4 is 9.47 Å². The smallest absolute Gasteiger partial charge is 0.497 e. The number of rotatable bonds is 5. The SMILES string of the molecule is COc1cc(OC)cc(C(=O)C(O)c2ccccc2)c1.O=C(O)O. The van der Waals surface area contributed by atoms with Crippen molar-refractivity contribution in [1.29, 1.82) is 0 Å². The van der Waals surface area contributed by atoms with Gasteiger partial charge < -0.3 is 24.8 Å². The van der Waals surface area contributed by atoms with Gasteiger partial charge in [0.25, 0.3) is 0 Å². The highest BCUT2D eigenvalue weighted by Gasteiger charge is 2.20. The maximum Gasteiger partial charge on any atom is 0.503 e. The highest BCUT2D eigenvalue weighted by molar-refractivity contribution is 6.00. The number of Topliss-reactive ketones (excluding diaryl/α,β-unsaturated/α-hetero) is 1. The normalized spacial score (nSPS) is 10.8. The molecule has 0 aromatic heterocycles. The maximum absolute atomic E-state index is 12.3. The van der Waals surface area contributed by atoms with Crippen molar-refractivity contribution in [1.82, 2.24) is 0 Å². The number of carbonyl (C=O) groups excluding carboxylic acids is 1. The van der Waals surface area contributed by atoms with Crippen molar-refractivity contribution in [2.75, 3.05) is 14.2 Å². The first kappa shape index (κ1) is 19.0. The van der Waals surface area contributed by atoms with Crippen LogP contribution in [0.4, 0.5) is 4.79 Å². The molecular formula is C17H18O7. The summed E-state index contributed by atoms with van der Waals surface area (Å²) in [5, 5.41) is 24.1. The van der Waals surface area contributed by atoms with Gasteiger partial charge in [-0.15, -0.1) is 0 Å². The van der Waals surface area contributed by atoms with E-state index in [9.17, 15) is 9.90 Å². The average molecular weight is 334 g/mol. The molecule has 0 aliphatic heterocycles. The summed E-state index contributed by atoms with van der Waals surface area (Å²) < 4.78 is 10.2. The first-order valence-corrected chi connectivity index (χ1v) is 6.81. The van der Waals surface area contributed by atoms with Crippen molar-refractivity contribution < 1.29 is 34.4 Å². The minimum Gasteiger partial charge on any atom is -0.497 e. The minimum atomic E-state index is -1.83. The molecule has 2 aromatic rings. The van der Waals surface area contributed by atoms with Crippen molar-refractivity contribution in [2.45, 2.75) is 6.10 Å². The Morgan fingerprint density at radius 3 is 1.79 bits per heavy atom. The van der Waals surface area contributed by atoms with Crippen LogP contribution in [-0.2, 0) is 0 Å². The van der Waals surface area contributed by atoms with Gasteiger partial charge in [-0.3, -0.25) is 4.79 Å². The van der Waals surface area contributed by atoms with Gasteiger partial charge in [-0.2, -0.15) is 0 Å². The summed E-state index contributed by atoms with van der Waals surface area (Å²) in [5.41, 5.74) is 0.900. The zero-order chi connectivity index (χ0) is 18.1. The van der Waals surface area contributed by atoms with Crippen LogP contribution in [0.2, 0.25) is 0 Å². The molecule has 2 rings (SSSR count). The molecule has 0 aliphatic carbocycles. The molecule has 1 atom stereocenters. The van der Waals surface area contributed by atoms with E-state index in [1.54, 1.807) is 42.5 Å². The van der Waals surface area contributed by atoms with Crippen molar-refractivity contribution in [3.8, 4) is 11.5 Å². The Balaban J connectivity index is 0.000000648. The molecule has 3 N–H and O–H groups in total. The highest BCUT2D eigenvalue weighted by atomic mass is 16.6. The van der Waals surface area contributed by atoms with Crippen LogP contribution in [0.5, 0.6) is 11.5 Å². The largest absolute Gasteiger partial charge is 0.503 e. The molecule has 0 saturated carbocycles. The number of aliphatic hydroxyl groups is 1. The number of hydrogen-bond donors (Lipinski definition) is 3. The van der Waals surface area contributed by atoms with Gasteiger partial charge in [-0.25, -0.2) is 4.79 Å². The summed E-state index contributed by atoms with van der Waals surface area (Å²) in [7, 11) is 3.02. The third-order valence-corrected chi connectivity index (χ3v) is 3.00. The number of benzene rings is 2. The van der Waals surface area contributed by atoms with Crippen LogP contribution in [0.3, 0.4) is 0 Å². The molecule has 2 aromatic carbocycles. The molecule has 0 heterocycles. The lowest BCUT2D eigenvalue weighted by molar-refractivity contribution is 0.0746. The Morgan fingerprint density at radius 1 is 0.917 bits per heavy atom. The second-order valence-electron chi connectivity index (χ2n) is 4.56. The lowest BCUT2D eigenvalue weighted by Gasteiger charge is -2.12. The summed E-state index contributed by atoms with van der Waals surface area (Å²) in [4.78, 5) is 20.9. The van der Waals surface area contributed by atoms with Gasteiger partial charge in [0.05, 0.1) is 14.2 Å². The van der Waals surface area contributed by atoms with Gasteiger partial charge in [0.15, 0.2) is 5.78 Å². The fourth-order valence-corrected chi connectivity index (χ4v) is 1.89. The zero-order valence-electron chi connectivity index (χ0n) is 13.2. The second kappa shape index (κ2) is 9.16. The summed E-state index contributed by atoms with van der Waals surface area (Å²) in [5.74, 6) is 0.620. The predicted molar refractivity (Wildman–Crippen MR) is 85.9 cm³/mol. The lowest BCUT2D eigenvalue weighted by Crippen LogP contribution is -2.12. The predicted octanol–water partition coefficient (Wildman–Crippen LogP) is 2.84. The molecule has 0 bridgehead atoms. The van der Waals surface area contributed by atoms with Gasteiger partial charge in [0.2, 0.25) is 0 Å². The molecule has 0 fully saturated rings. The minimum absolute atomic E-state index is 0.345. The number of ether oxygens (including phenoxy) is 2. The van der Waals surface area contributed by atoms with Gasteiger partial charge in [-0.05, 0) is 17.7 Å². The number of aliphatic hydroxyl groups excluding tert-OH is 1. The molecule has 0 spiro atoms. The van der Waals surface area contributed by atoms with Gasteiger partial charge >= 0.3 is 6.16 Å². The summed E-state index contributed by atoms with van der Waals surface area (Å²) in [6.07, 6.45) is -3.03. The quantitative estimate of drug-likeness (QED) is 0.720. The van der Waals surface area contributed by atoms with Crippen molar-refractivity contribution in [3.63, 3.8) is 0 Å². The molecule has 24 heavy (non-hydrogen) atoms. The van der Waals surface area contributed by atoms with Crippen LogP contribution in [0.25, 0.3) is 0 Å². The van der Waals surface area contributed by atoms with Crippen molar-refractivity contribution >= 4 is 11.9 Å². The zero-order valence-corrected chi connectivity index (χ0v) is 13.2. The maximum atomic E-state index is 12.3. The number of carboxylic acid groups (broad SMARTS) is 2. The Bertz CT molecular complexity index is 656. The second-order valence-corrected chi connectivity index (χ2v) is 4.56. The summed E-state index contributed by atoms with van der Waals surface area (Å²) in [6, 6.07) is 13.6. The van der Waals surface area contributed by atoms with E-state index >= 15 is 0 Å². The van der Waals surface area contributed by atoms with E-state index in [0.717, 1.165) is 0 Å². The number of ketones is 1. The van der Waals surface area contributed by atoms with E-state index in [2.05, 4.69) is 0 Å². The van der Waals surface area contributed by atoms with E-state index in [1.807, 2.05) is 6.07 Å². The number of carbonyl (C=O) groups is 2. The molecule has 1 unspecified atom stereocenters. The van der Waals surface area contributed by atoms with E-state index in [-0.39, 0.29) is 0 Å². The van der Waals surface area contributed by atoms with Gasteiger partial charge in [0, 0.05) is 11.6 Å². The summed E-state index contributed by atoms with van der Waals surface area (Å²) in [6.45, 7) is 0. The number of methoxy groups -OCH3 is 2. The van der Waals surface area contributed by atoms with Crippen LogP contribution in [0.15, 0.2) is 48.5 Å². The Hall–Kier alpha value is -3.06. The molecule has 0 aliphatic rings. The Morgan fingerprint density at radius 2 is 1.38 bits per heavy atom. The lowest BCUT2D eigenvalue weighted by atomic mass is 9.99. The van der Waals surface area contributed by atoms with Crippen LogP contribution >= 0.6 is 0 Å². The fourth-order valence-electron chi connectivity index (χ4n) is 1.89. The van der Waals surface area contributed by atoms with Crippen LogP contribution in [0.1, 0.15) is 22.0 Å². The Kier molecular flexibility index (Phi) is 7.25. The van der Waals surface area contributed by atoms with E-state index < -0.39 is 18.0 Å². The first-order valence-electron chi connectivity index (χ1n) is 6.81. The van der Waals surface area contributed by atoms with E-state index in [1.165, 1.54) is 14.2 Å². The molecule has 0 amide bonds. The van der Waals surface area contributed by atoms with Crippen LogP contribution in [0, 0.1) is 0 Å². The van der Waals surface area contributed by atoms with E-state index in [0.29, 0.717) is 22.6 Å². The third-order valence-electron chi connectivity index (χ3n) is 3.00. The van der Waals surface area contributed by atoms with E-state index in [4.69, 9.17) is 24.5 Å². The monoisotopic (exact) mass is 334 g/mol. The summed E-state index contributed by atoms with van der Waals surface area (Å²) >= 11 is 0. The van der Waals surface area contributed by atoms with Gasteiger partial charge in [0.1, 0.15) is 17.6 Å². The van der Waals surface area contributed by atoms with Crippen molar-refractivity contribution in [2.24, 2.45) is 0 Å². The fraction of sp³-hybridized carbons (Fsp3) is 0.176. The molecule has 7 nitrogen and oxygen atoms in total. The van der Waals surface area contributed by atoms with Gasteiger partial charge in [-0.1, -0.05) is 30.3 Å². The van der Waals surface area contributed by atoms with Crippen LogP contribution in [-0.4, -0.2) is 41.5 Å². The van der Waals surface area contributed by atoms with Crippen molar-refractivity contribution in [3.05, 3.63) is 59.7 Å². The molecular weight excluding hydrogens is 316 g/mol. The third kappa shape index (κ3) is 5.62. The first-order chi connectivity index (χ1) is 11.4.